The minimum Gasteiger partial charge on any atom is -0.486 e. The van der Waals surface area contributed by atoms with Gasteiger partial charge in [-0.25, -0.2) is 5.43 Å². The third-order valence-corrected chi connectivity index (χ3v) is 5.17. The molecule has 2 aromatic rings. The van der Waals surface area contributed by atoms with Crippen LogP contribution in [0.1, 0.15) is 33.1 Å². The average molecular weight is 396 g/mol. The zero-order valence-electron chi connectivity index (χ0n) is 16.4. The number of nitrogens with one attached hydrogen (secondary N) is 4. The Morgan fingerprint density at radius 1 is 1.00 bits per heavy atom. The van der Waals surface area contributed by atoms with Crippen molar-refractivity contribution in [2.45, 2.75) is 19.9 Å². The minimum absolute atomic E-state index is 0.260. The van der Waals surface area contributed by atoms with E-state index < -0.39 is 5.92 Å². The van der Waals surface area contributed by atoms with Crippen molar-refractivity contribution in [1.29, 1.82) is 0 Å². The summed E-state index contributed by atoms with van der Waals surface area (Å²) in [5.74, 6) is 0.348. The third kappa shape index (κ3) is 4.03. The van der Waals surface area contributed by atoms with E-state index in [1.807, 2.05) is 44.2 Å². The average Bonchev–Trinajstić information content (AvgIpc) is 3.21. The van der Waals surface area contributed by atoms with Gasteiger partial charge in [0.05, 0.1) is 12.0 Å². The zero-order chi connectivity index (χ0) is 20.4. The molecule has 2 aliphatic heterocycles. The largest absolute Gasteiger partial charge is 0.486 e. The van der Waals surface area contributed by atoms with E-state index >= 15 is 0 Å². The van der Waals surface area contributed by atoms with Gasteiger partial charge in [-0.1, -0.05) is 23.8 Å². The number of hydrazine groups is 2. The number of hydrogen-bond donors (Lipinski definition) is 4. The van der Waals surface area contributed by atoms with E-state index in [-0.39, 0.29) is 17.9 Å². The molecule has 1 fully saturated rings. The maximum atomic E-state index is 12.7. The maximum absolute atomic E-state index is 12.7. The second-order valence-electron chi connectivity index (χ2n) is 7.27. The Labute approximate surface area is 168 Å². The summed E-state index contributed by atoms with van der Waals surface area (Å²) in [6.45, 7) is 5.30. The van der Waals surface area contributed by atoms with Gasteiger partial charge < -0.3 is 9.47 Å². The number of fused-ring (bicyclic) bond motifs is 1. The van der Waals surface area contributed by atoms with Crippen molar-refractivity contribution in [3.63, 3.8) is 0 Å². The highest BCUT2D eigenvalue weighted by molar-refractivity contribution is 5.97. The van der Waals surface area contributed by atoms with Crippen LogP contribution in [-0.4, -0.2) is 31.6 Å². The van der Waals surface area contributed by atoms with Gasteiger partial charge in [-0.15, -0.1) is 0 Å². The highest BCUT2D eigenvalue weighted by atomic mass is 16.6. The van der Waals surface area contributed by atoms with Crippen LogP contribution in [0.3, 0.4) is 0 Å². The fourth-order valence-electron chi connectivity index (χ4n) is 3.66. The molecule has 2 amide bonds. The van der Waals surface area contributed by atoms with Crippen molar-refractivity contribution in [1.82, 2.24) is 21.7 Å². The summed E-state index contributed by atoms with van der Waals surface area (Å²) in [5.41, 5.74) is 14.6. The number of rotatable bonds is 3. The van der Waals surface area contributed by atoms with Gasteiger partial charge in [-0.2, -0.15) is 0 Å². The van der Waals surface area contributed by atoms with Crippen LogP contribution in [0.2, 0.25) is 0 Å². The predicted octanol–water partition coefficient (Wildman–Crippen LogP) is 1.30. The third-order valence-electron chi connectivity index (χ3n) is 5.17. The van der Waals surface area contributed by atoms with Crippen LogP contribution in [0.25, 0.3) is 0 Å². The van der Waals surface area contributed by atoms with Crippen molar-refractivity contribution in [2.24, 2.45) is 5.92 Å². The Bertz CT molecular complexity index is 946. The topological polar surface area (TPSA) is 101 Å². The first-order valence-electron chi connectivity index (χ1n) is 9.58. The molecule has 0 spiro atoms. The van der Waals surface area contributed by atoms with Crippen LogP contribution in [0, 0.1) is 19.8 Å². The molecule has 2 unspecified atom stereocenters. The van der Waals surface area contributed by atoms with Crippen LogP contribution >= 0.6 is 0 Å². The van der Waals surface area contributed by atoms with E-state index in [1.165, 1.54) is 0 Å². The highest BCUT2D eigenvalue weighted by Crippen LogP contribution is 2.35. The van der Waals surface area contributed by atoms with E-state index in [9.17, 15) is 9.59 Å². The summed E-state index contributed by atoms with van der Waals surface area (Å²) in [6, 6.07) is 10.9. The van der Waals surface area contributed by atoms with Crippen LogP contribution in [0.4, 0.5) is 0 Å². The molecule has 8 nitrogen and oxygen atoms in total. The van der Waals surface area contributed by atoms with Gasteiger partial charge in [-0.3, -0.25) is 25.9 Å². The minimum atomic E-state index is -0.406. The van der Waals surface area contributed by atoms with Crippen molar-refractivity contribution in [3.8, 4) is 11.5 Å². The molecule has 2 aliphatic rings. The first kappa shape index (κ1) is 19.2. The lowest BCUT2D eigenvalue weighted by Gasteiger charge is -2.22. The SMILES string of the molecule is Cc1ccc(C(=O)NNC(=O)C2CNNC2c2ccc3c(c2)OCCO3)c(C)c1. The van der Waals surface area contributed by atoms with E-state index in [0.29, 0.717) is 36.8 Å². The summed E-state index contributed by atoms with van der Waals surface area (Å²) in [5, 5.41) is 0. The molecule has 8 heteroatoms. The quantitative estimate of drug-likeness (QED) is 0.584. The lowest BCUT2D eigenvalue weighted by atomic mass is 9.94. The summed E-state index contributed by atoms with van der Waals surface area (Å²) in [4.78, 5) is 25.2. The molecule has 2 atom stereocenters. The molecule has 4 N–H and O–H groups in total. The molecule has 152 valence electrons. The molecular weight excluding hydrogens is 372 g/mol. The first-order chi connectivity index (χ1) is 14.0. The first-order valence-corrected chi connectivity index (χ1v) is 9.58. The molecule has 2 heterocycles. The highest BCUT2D eigenvalue weighted by Gasteiger charge is 2.35. The fourth-order valence-corrected chi connectivity index (χ4v) is 3.66. The molecule has 0 aliphatic carbocycles. The zero-order valence-corrected chi connectivity index (χ0v) is 16.4. The molecule has 4 rings (SSSR count). The smallest absolute Gasteiger partial charge is 0.269 e. The van der Waals surface area contributed by atoms with Crippen LogP contribution in [-0.2, 0) is 4.79 Å². The van der Waals surface area contributed by atoms with E-state index in [0.717, 1.165) is 16.7 Å². The Morgan fingerprint density at radius 2 is 1.79 bits per heavy atom. The van der Waals surface area contributed by atoms with E-state index in [2.05, 4.69) is 21.7 Å². The second-order valence-corrected chi connectivity index (χ2v) is 7.27. The van der Waals surface area contributed by atoms with E-state index in [4.69, 9.17) is 9.47 Å². The van der Waals surface area contributed by atoms with Gasteiger partial charge in [0.1, 0.15) is 13.2 Å². The molecule has 29 heavy (non-hydrogen) atoms. The molecule has 1 saturated heterocycles. The molecule has 0 aromatic heterocycles. The Balaban J connectivity index is 1.42. The van der Waals surface area contributed by atoms with E-state index in [1.54, 1.807) is 6.07 Å². The second kappa shape index (κ2) is 8.10. The normalized spacial score (nSPS) is 20.2. The van der Waals surface area contributed by atoms with Gasteiger partial charge in [0.25, 0.3) is 5.91 Å². The number of carbonyl (C=O) groups is 2. The van der Waals surface area contributed by atoms with Crippen molar-refractivity contribution >= 4 is 11.8 Å². The van der Waals surface area contributed by atoms with Gasteiger partial charge in [0.2, 0.25) is 5.91 Å². The summed E-state index contributed by atoms with van der Waals surface area (Å²) >= 11 is 0. The Kier molecular flexibility index (Phi) is 5.37. The van der Waals surface area contributed by atoms with Crippen molar-refractivity contribution < 1.29 is 19.1 Å². The monoisotopic (exact) mass is 396 g/mol. The molecule has 0 saturated carbocycles. The molecule has 0 bridgehead atoms. The lowest BCUT2D eigenvalue weighted by molar-refractivity contribution is -0.125. The number of aryl methyl sites for hydroxylation is 2. The number of hydrogen-bond acceptors (Lipinski definition) is 6. The number of benzene rings is 2. The van der Waals surface area contributed by atoms with Crippen LogP contribution in [0.15, 0.2) is 36.4 Å². The molecule has 2 aromatic carbocycles. The van der Waals surface area contributed by atoms with Crippen LogP contribution < -0.4 is 31.2 Å². The summed E-state index contributed by atoms with van der Waals surface area (Å²) in [7, 11) is 0. The molecule has 0 radical (unpaired) electrons. The Morgan fingerprint density at radius 3 is 2.59 bits per heavy atom. The standard InChI is InChI=1S/C21H24N4O4/c1-12-3-5-15(13(2)9-12)20(26)24-25-21(27)16-11-22-23-19(16)14-4-6-17-18(10-14)29-8-7-28-17/h3-6,9-10,16,19,22-23H,7-8,11H2,1-2H3,(H,24,26)(H,25,27). The van der Waals surface area contributed by atoms with Gasteiger partial charge in [-0.05, 0) is 43.2 Å². The summed E-state index contributed by atoms with van der Waals surface area (Å²) < 4.78 is 11.2. The number of amides is 2. The summed E-state index contributed by atoms with van der Waals surface area (Å²) in [6.07, 6.45) is 0. The van der Waals surface area contributed by atoms with Gasteiger partial charge >= 0.3 is 0 Å². The van der Waals surface area contributed by atoms with Gasteiger partial charge in [0.15, 0.2) is 11.5 Å². The van der Waals surface area contributed by atoms with Crippen molar-refractivity contribution in [2.75, 3.05) is 19.8 Å². The predicted molar refractivity (Wildman–Crippen MR) is 106 cm³/mol. The van der Waals surface area contributed by atoms with Crippen LogP contribution in [0.5, 0.6) is 11.5 Å². The number of carbonyl (C=O) groups excluding carboxylic acids is 2. The molecular formula is C21H24N4O4. The lowest BCUT2D eigenvalue weighted by Crippen LogP contribution is -2.46. The number of ether oxygens (including phenoxy) is 2. The Hall–Kier alpha value is -3.10. The van der Waals surface area contributed by atoms with Gasteiger partial charge in [0, 0.05) is 12.1 Å². The fraction of sp³-hybridized carbons (Fsp3) is 0.333. The van der Waals surface area contributed by atoms with Crippen molar-refractivity contribution in [3.05, 3.63) is 58.7 Å². The maximum Gasteiger partial charge on any atom is 0.269 e.